The Hall–Kier alpha value is -0.600. The highest BCUT2D eigenvalue weighted by Crippen LogP contribution is 2.15. The second kappa shape index (κ2) is 2.80. The molecule has 0 aromatic carbocycles. The van der Waals surface area contributed by atoms with E-state index in [4.69, 9.17) is 5.21 Å². The third-order valence-electron chi connectivity index (χ3n) is 1.11. The van der Waals surface area contributed by atoms with Crippen molar-refractivity contribution in [2.24, 2.45) is 10.6 Å². The highest BCUT2D eigenvalue weighted by Gasteiger charge is 2.18. The van der Waals surface area contributed by atoms with Crippen molar-refractivity contribution in [2.45, 2.75) is 20.8 Å². The van der Waals surface area contributed by atoms with Gasteiger partial charge in [-0.05, 0) is 0 Å². The molecule has 0 amide bonds. The molecule has 0 unspecified atom stereocenters. The van der Waals surface area contributed by atoms with E-state index >= 15 is 0 Å². The fourth-order valence-electron chi connectivity index (χ4n) is 0.377. The quantitative estimate of drug-likeness (QED) is 0.330. The van der Waals surface area contributed by atoms with Gasteiger partial charge in [-0.1, -0.05) is 25.9 Å². The van der Waals surface area contributed by atoms with Crippen molar-refractivity contribution in [3.05, 3.63) is 0 Å². The summed E-state index contributed by atoms with van der Waals surface area (Å²) < 4.78 is 11.9. The molecule has 0 saturated carbocycles. The highest BCUT2D eigenvalue weighted by molar-refractivity contribution is 5.89. The number of rotatable bonds is 1. The minimum absolute atomic E-state index is 0.183. The van der Waals surface area contributed by atoms with Gasteiger partial charge in [-0.25, -0.2) is 4.39 Å². The Bertz CT molecular complexity index is 115. The smallest absolute Gasteiger partial charge is 0.131 e. The van der Waals surface area contributed by atoms with E-state index in [9.17, 15) is 4.39 Å². The molecule has 0 aliphatic carbocycles. The number of alkyl halides is 1. The van der Waals surface area contributed by atoms with Crippen LogP contribution >= 0.6 is 0 Å². The Labute approximate surface area is 54.4 Å². The molecule has 3 heteroatoms. The average Bonchev–Trinajstić information content (AvgIpc) is 1.65. The lowest BCUT2D eigenvalue weighted by molar-refractivity contribution is 0.305. The van der Waals surface area contributed by atoms with Crippen molar-refractivity contribution in [1.82, 2.24) is 0 Å². The van der Waals surface area contributed by atoms with Crippen LogP contribution in [0.25, 0.3) is 0 Å². The first-order valence-corrected chi connectivity index (χ1v) is 2.79. The Morgan fingerprint density at radius 1 is 1.56 bits per heavy atom. The number of oxime groups is 1. The molecular weight excluding hydrogens is 121 g/mol. The van der Waals surface area contributed by atoms with E-state index in [1.165, 1.54) is 0 Å². The van der Waals surface area contributed by atoms with Crippen molar-refractivity contribution in [1.29, 1.82) is 0 Å². The Balaban J connectivity index is 4.14. The molecule has 0 rings (SSSR count). The second-order valence-corrected chi connectivity index (χ2v) is 2.93. The predicted octanol–water partition coefficient (Wildman–Crippen LogP) is 1.83. The van der Waals surface area contributed by atoms with Crippen LogP contribution in [0.1, 0.15) is 20.8 Å². The molecule has 0 bridgehead atoms. The van der Waals surface area contributed by atoms with Gasteiger partial charge in [0.25, 0.3) is 0 Å². The molecule has 0 saturated heterocycles. The zero-order valence-electron chi connectivity index (χ0n) is 5.98. The van der Waals surface area contributed by atoms with E-state index in [1.807, 2.05) is 0 Å². The zero-order chi connectivity index (χ0) is 7.49. The standard InChI is InChI=1S/C6H12FNO/c1-6(2,3)5(4-7)8-9/h9H,4H2,1-3H3. The molecular formula is C6H12FNO. The van der Waals surface area contributed by atoms with E-state index in [1.54, 1.807) is 20.8 Å². The van der Waals surface area contributed by atoms with Crippen LogP contribution < -0.4 is 0 Å². The van der Waals surface area contributed by atoms with Gasteiger partial charge in [-0.3, -0.25) is 0 Å². The summed E-state index contributed by atoms with van der Waals surface area (Å²) in [6.07, 6.45) is 0. The Morgan fingerprint density at radius 2 is 2.00 bits per heavy atom. The molecule has 0 spiro atoms. The summed E-state index contributed by atoms with van der Waals surface area (Å²) in [7, 11) is 0. The molecule has 54 valence electrons. The van der Waals surface area contributed by atoms with Crippen molar-refractivity contribution >= 4 is 5.71 Å². The lowest BCUT2D eigenvalue weighted by atomic mass is 9.91. The Kier molecular flexibility index (Phi) is 2.62. The van der Waals surface area contributed by atoms with Crippen LogP contribution in [0.5, 0.6) is 0 Å². The minimum atomic E-state index is -0.681. The third kappa shape index (κ3) is 2.44. The van der Waals surface area contributed by atoms with E-state index in [0.717, 1.165) is 0 Å². The SMILES string of the molecule is CC(C)(C)C(CF)=NO. The van der Waals surface area contributed by atoms with Crippen molar-refractivity contribution in [3.63, 3.8) is 0 Å². The van der Waals surface area contributed by atoms with E-state index < -0.39 is 6.67 Å². The number of hydrogen-bond donors (Lipinski definition) is 1. The molecule has 2 nitrogen and oxygen atoms in total. The van der Waals surface area contributed by atoms with Crippen LogP contribution in [-0.4, -0.2) is 17.6 Å². The summed E-state index contributed by atoms with van der Waals surface area (Å²) in [5.74, 6) is 0. The van der Waals surface area contributed by atoms with Crippen molar-refractivity contribution in [2.75, 3.05) is 6.67 Å². The van der Waals surface area contributed by atoms with Gasteiger partial charge in [0.2, 0.25) is 0 Å². The molecule has 9 heavy (non-hydrogen) atoms. The molecule has 0 atom stereocenters. The minimum Gasteiger partial charge on any atom is -0.411 e. The first kappa shape index (κ1) is 8.40. The molecule has 0 aliphatic rings. The third-order valence-corrected chi connectivity index (χ3v) is 1.11. The average molecular weight is 133 g/mol. The summed E-state index contributed by atoms with van der Waals surface area (Å²) in [5, 5.41) is 11.0. The lowest BCUT2D eigenvalue weighted by Gasteiger charge is -2.16. The fraction of sp³-hybridized carbons (Fsp3) is 0.833. The molecule has 0 aromatic heterocycles. The topological polar surface area (TPSA) is 32.6 Å². The van der Waals surface area contributed by atoms with Crippen LogP contribution in [0, 0.1) is 5.41 Å². The maximum atomic E-state index is 11.9. The molecule has 0 heterocycles. The summed E-state index contributed by atoms with van der Waals surface area (Å²) in [4.78, 5) is 0. The monoisotopic (exact) mass is 133 g/mol. The van der Waals surface area contributed by atoms with Gasteiger partial charge in [-0.2, -0.15) is 0 Å². The molecule has 0 aliphatic heterocycles. The summed E-state index contributed by atoms with van der Waals surface area (Å²) >= 11 is 0. The molecule has 0 fully saturated rings. The summed E-state index contributed by atoms with van der Waals surface area (Å²) in [6, 6.07) is 0. The van der Waals surface area contributed by atoms with E-state index in [0.29, 0.717) is 0 Å². The molecule has 0 aromatic rings. The number of nitrogens with zero attached hydrogens (tertiary/aromatic N) is 1. The first-order chi connectivity index (χ1) is 4.02. The predicted molar refractivity (Wildman–Crippen MR) is 34.7 cm³/mol. The highest BCUT2D eigenvalue weighted by atomic mass is 19.1. The van der Waals surface area contributed by atoms with Gasteiger partial charge in [-0.15, -0.1) is 0 Å². The number of hydrogen-bond acceptors (Lipinski definition) is 2. The first-order valence-electron chi connectivity index (χ1n) is 2.79. The summed E-state index contributed by atoms with van der Waals surface area (Å²) in [5.41, 5.74) is -0.175. The van der Waals surface area contributed by atoms with Gasteiger partial charge in [0.1, 0.15) is 6.67 Å². The van der Waals surface area contributed by atoms with Gasteiger partial charge in [0.05, 0.1) is 5.71 Å². The van der Waals surface area contributed by atoms with Gasteiger partial charge in [0, 0.05) is 5.41 Å². The lowest BCUT2D eigenvalue weighted by Crippen LogP contribution is -2.21. The maximum absolute atomic E-state index is 11.9. The van der Waals surface area contributed by atoms with Crippen LogP contribution in [0.3, 0.4) is 0 Å². The molecule has 0 radical (unpaired) electrons. The zero-order valence-corrected chi connectivity index (χ0v) is 5.98. The van der Waals surface area contributed by atoms with Crippen LogP contribution in [0.2, 0.25) is 0 Å². The largest absolute Gasteiger partial charge is 0.411 e. The van der Waals surface area contributed by atoms with Gasteiger partial charge < -0.3 is 5.21 Å². The fourth-order valence-corrected chi connectivity index (χ4v) is 0.377. The van der Waals surface area contributed by atoms with Crippen molar-refractivity contribution in [3.8, 4) is 0 Å². The molecule has 1 N–H and O–H groups in total. The normalized spacial score (nSPS) is 14.0. The number of halogens is 1. The van der Waals surface area contributed by atoms with Gasteiger partial charge >= 0.3 is 0 Å². The van der Waals surface area contributed by atoms with E-state index in [2.05, 4.69) is 5.16 Å². The van der Waals surface area contributed by atoms with Crippen LogP contribution in [-0.2, 0) is 0 Å². The van der Waals surface area contributed by atoms with Crippen molar-refractivity contribution < 1.29 is 9.60 Å². The summed E-state index contributed by atoms with van der Waals surface area (Å²) in [6.45, 7) is 4.70. The van der Waals surface area contributed by atoms with E-state index in [-0.39, 0.29) is 11.1 Å². The second-order valence-electron chi connectivity index (χ2n) is 2.93. The van der Waals surface area contributed by atoms with Crippen LogP contribution in [0.4, 0.5) is 4.39 Å². The van der Waals surface area contributed by atoms with Gasteiger partial charge in [0.15, 0.2) is 0 Å². The Morgan fingerprint density at radius 3 is 2.00 bits per heavy atom. The maximum Gasteiger partial charge on any atom is 0.131 e. The van der Waals surface area contributed by atoms with Crippen LogP contribution in [0.15, 0.2) is 5.16 Å².